The number of hydrogen-bond donors (Lipinski definition) is 2. The van der Waals surface area contributed by atoms with E-state index in [9.17, 15) is 12.6 Å². The minimum absolute atomic E-state index is 4.12. The first-order valence-corrected chi connectivity index (χ1v) is 3.62. The lowest BCUT2D eigenvalue weighted by Gasteiger charge is -1.68. The van der Waals surface area contributed by atoms with Crippen LogP contribution in [0.4, 0.5) is 12.6 Å². The van der Waals surface area contributed by atoms with Gasteiger partial charge in [-0.25, -0.2) is 0 Å². The Kier molecular flexibility index (Phi) is 6.47. The lowest BCUT2D eigenvalue weighted by molar-refractivity contribution is 0.381. The van der Waals surface area contributed by atoms with Gasteiger partial charge in [0.25, 0.3) is 0 Å². The van der Waals surface area contributed by atoms with Gasteiger partial charge in [0.1, 0.15) is 0 Å². The molecule has 0 heterocycles. The quantitative estimate of drug-likeness (QED) is 0.443. The van der Waals surface area contributed by atoms with Gasteiger partial charge in [-0.05, 0) is 0 Å². The van der Waals surface area contributed by atoms with Gasteiger partial charge in [0.05, 0.1) is 0 Å². The van der Waals surface area contributed by atoms with Crippen molar-refractivity contribution in [3.05, 3.63) is 0 Å². The van der Waals surface area contributed by atoms with Gasteiger partial charge in [0, 0.05) is 0 Å². The van der Waals surface area contributed by atoms with E-state index in [1.54, 1.807) is 0 Å². The molecule has 58 valence electrons. The molecular weight excluding hydrogens is 184 g/mol. The summed E-state index contributed by atoms with van der Waals surface area (Å²) in [6.07, 6.45) is 0. The van der Waals surface area contributed by atoms with Crippen LogP contribution in [-0.2, 0) is 10.4 Å². The Morgan fingerprint density at radius 2 is 1.11 bits per heavy atom. The third-order valence-electron chi connectivity index (χ3n) is 0. The topological polar surface area (TPSA) is 74.6 Å². The van der Waals surface area contributed by atoms with Crippen LogP contribution in [-0.4, -0.2) is 17.5 Å². The molecule has 0 fully saturated rings. The summed E-state index contributed by atoms with van der Waals surface area (Å²) < 4.78 is 60.8. The zero-order chi connectivity index (χ0) is 8.08. The van der Waals surface area contributed by atoms with Crippen LogP contribution < -0.4 is 0 Å². The molecule has 0 aliphatic rings. The van der Waals surface area contributed by atoms with E-state index in [2.05, 4.69) is 0 Å². The van der Waals surface area contributed by atoms with Gasteiger partial charge in [-0.2, -0.15) is 21.0 Å². The zero-order valence-electron chi connectivity index (χ0n) is 3.70. The molecule has 0 bridgehead atoms. The van der Waals surface area contributed by atoms with E-state index in [1.165, 1.54) is 0 Å². The fraction of sp³-hybridized carbons (Fsp3) is 0. The van der Waals surface area contributed by atoms with Crippen molar-refractivity contribution in [1.82, 2.24) is 0 Å². The van der Waals surface area contributed by atoms with Gasteiger partial charge >= 0.3 is 19.3 Å². The second-order valence-corrected chi connectivity index (χ2v) is 1.92. The summed E-state index contributed by atoms with van der Waals surface area (Å²) in [6, 6.07) is 0. The molecule has 0 radical (unpaired) electrons. The van der Waals surface area contributed by atoms with Crippen molar-refractivity contribution in [2.24, 2.45) is 0 Å². The van der Waals surface area contributed by atoms with Crippen LogP contribution in [0.1, 0.15) is 0 Å². The van der Waals surface area contributed by atoms with Crippen LogP contribution in [0.25, 0.3) is 0 Å². The maximum atomic E-state index is 9.73. The Morgan fingerprint density at radius 3 is 1.11 bits per heavy atom. The Balaban J connectivity index is 0. The Bertz CT molecular complexity index is 127. The lowest BCUT2D eigenvalue weighted by Crippen LogP contribution is -1.89. The smallest absolute Gasteiger partial charge is 0.264 e. The number of hydrogen-bond acceptors (Lipinski definition) is 2. The molecule has 0 aromatic heterocycles. The predicted molar refractivity (Wildman–Crippen MR) is 24.4 cm³/mol. The van der Waals surface area contributed by atoms with E-state index >= 15 is 0 Å². The Morgan fingerprint density at radius 1 is 1.11 bits per heavy atom. The van der Waals surface area contributed by atoms with Crippen molar-refractivity contribution in [3.8, 4) is 0 Å². The van der Waals surface area contributed by atoms with Crippen LogP contribution in [0, 0.1) is 0 Å². The summed E-state index contributed by atoms with van der Waals surface area (Å²) in [5.74, 6) is 0. The van der Waals surface area contributed by atoms with Crippen LogP contribution in [0.5, 0.6) is 0 Å². The second-order valence-electron chi connectivity index (χ2n) is 0.639. The van der Waals surface area contributed by atoms with Gasteiger partial charge in [-0.3, -0.25) is 9.11 Å². The van der Waals surface area contributed by atoms with Crippen molar-refractivity contribution < 1.29 is 30.1 Å². The SMILES string of the molecule is FP(F)F.O=S(=O)(O)O. The molecule has 0 rings (SSSR count). The van der Waals surface area contributed by atoms with E-state index in [0.717, 1.165) is 0 Å². The summed E-state index contributed by atoms with van der Waals surface area (Å²) in [4.78, 5) is 0. The van der Waals surface area contributed by atoms with Crippen molar-refractivity contribution >= 4 is 19.3 Å². The van der Waals surface area contributed by atoms with E-state index in [1.807, 2.05) is 0 Å². The van der Waals surface area contributed by atoms with Crippen molar-refractivity contribution in [2.45, 2.75) is 0 Å². The minimum Gasteiger partial charge on any atom is -0.264 e. The summed E-state index contributed by atoms with van der Waals surface area (Å²) in [7, 11) is -8.79. The summed E-state index contributed by atoms with van der Waals surface area (Å²) in [6.45, 7) is 0. The average Bonchev–Trinajstić information content (AvgIpc) is 1.19. The van der Waals surface area contributed by atoms with E-state index in [4.69, 9.17) is 17.5 Å². The molecule has 0 amide bonds. The highest BCUT2D eigenvalue weighted by molar-refractivity contribution is 7.79. The highest BCUT2D eigenvalue weighted by Crippen LogP contribution is 2.39. The van der Waals surface area contributed by atoms with E-state index in [-0.39, 0.29) is 0 Å². The summed E-state index contributed by atoms with van der Waals surface area (Å²) in [5, 5.41) is 0. The van der Waals surface area contributed by atoms with Gasteiger partial charge in [-0.1, -0.05) is 0 Å². The summed E-state index contributed by atoms with van der Waals surface area (Å²) in [5.41, 5.74) is 0. The summed E-state index contributed by atoms with van der Waals surface area (Å²) >= 11 is 0. The van der Waals surface area contributed by atoms with Gasteiger partial charge in [0.15, 0.2) is 0 Å². The molecule has 0 saturated heterocycles. The average molecular weight is 186 g/mol. The van der Waals surface area contributed by atoms with Crippen LogP contribution in [0.3, 0.4) is 0 Å². The monoisotopic (exact) mass is 186 g/mol. The molecule has 0 saturated carbocycles. The molecule has 0 spiro atoms. The van der Waals surface area contributed by atoms with E-state index < -0.39 is 19.3 Å². The van der Waals surface area contributed by atoms with Crippen molar-refractivity contribution in [3.63, 3.8) is 0 Å². The molecule has 0 unspecified atom stereocenters. The fourth-order valence-electron chi connectivity index (χ4n) is 0. The molecule has 9 heteroatoms. The minimum atomic E-state index is -4.67. The Hall–Kier alpha value is 0.0900. The molecule has 4 nitrogen and oxygen atoms in total. The lowest BCUT2D eigenvalue weighted by atomic mass is 15.8. The van der Waals surface area contributed by atoms with Gasteiger partial charge in [0.2, 0.25) is 0 Å². The van der Waals surface area contributed by atoms with Crippen LogP contribution >= 0.6 is 8.85 Å². The maximum Gasteiger partial charge on any atom is 0.456 e. The first kappa shape index (κ1) is 11.8. The largest absolute Gasteiger partial charge is 0.456 e. The van der Waals surface area contributed by atoms with E-state index in [0.29, 0.717) is 0 Å². The third kappa shape index (κ3) is 37000. The standard InChI is InChI=1S/F3P.H2O4S/c1-4(2)3;1-5(2,3)4/h;(H2,1,2,3,4). The highest BCUT2D eigenvalue weighted by atomic mass is 32.3. The molecule has 0 aromatic rings. The molecule has 9 heavy (non-hydrogen) atoms. The first-order chi connectivity index (χ1) is 3.73. The molecule has 2 N–H and O–H groups in total. The molecule has 0 atom stereocenters. The zero-order valence-corrected chi connectivity index (χ0v) is 5.41. The predicted octanol–water partition coefficient (Wildman–Crippen LogP) is 1.47. The highest BCUT2D eigenvalue weighted by Gasteiger charge is 1.91. The Labute approximate surface area is 50.4 Å². The normalized spacial score (nSPS) is 10.4. The number of rotatable bonds is 0. The fourth-order valence-corrected chi connectivity index (χ4v) is 0. The van der Waals surface area contributed by atoms with Crippen LogP contribution in [0.15, 0.2) is 0 Å². The number of halogens is 3. The molecule has 0 aliphatic carbocycles. The molecule has 0 aliphatic heterocycles. The van der Waals surface area contributed by atoms with Crippen molar-refractivity contribution in [1.29, 1.82) is 0 Å². The molecule has 0 aromatic carbocycles. The third-order valence-corrected chi connectivity index (χ3v) is 0. The van der Waals surface area contributed by atoms with Gasteiger partial charge in [-0.15, -0.1) is 0 Å². The maximum absolute atomic E-state index is 9.73. The second kappa shape index (κ2) is 4.92. The van der Waals surface area contributed by atoms with Gasteiger partial charge < -0.3 is 0 Å². The van der Waals surface area contributed by atoms with Crippen molar-refractivity contribution in [2.75, 3.05) is 0 Å². The van der Waals surface area contributed by atoms with Crippen LogP contribution in [0.2, 0.25) is 0 Å². The first-order valence-electron chi connectivity index (χ1n) is 1.21. The molecular formula is H2F3O4PS.